The number of aromatic amines is 1. The topological polar surface area (TPSA) is 108 Å². The van der Waals surface area contributed by atoms with E-state index >= 15 is 0 Å². The van der Waals surface area contributed by atoms with E-state index in [0.717, 1.165) is 0 Å². The largest absolute Gasteiger partial charge is 0.337 e. The van der Waals surface area contributed by atoms with Gasteiger partial charge in [0.15, 0.2) is 0 Å². The number of carbonyl (C=O) groups is 1. The van der Waals surface area contributed by atoms with E-state index in [0.29, 0.717) is 12.2 Å². The Morgan fingerprint density at radius 3 is 2.79 bits per heavy atom. The summed E-state index contributed by atoms with van der Waals surface area (Å²) >= 11 is 0. The number of nitrogens with zero attached hydrogens (tertiary/aromatic N) is 3. The predicted molar refractivity (Wildman–Crippen MR) is 69.5 cm³/mol. The third-order valence-electron chi connectivity index (χ3n) is 2.43. The summed E-state index contributed by atoms with van der Waals surface area (Å²) in [6.45, 7) is 3.53. The van der Waals surface area contributed by atoms with Gasteiger partial charge in [0.05, 0.1) is 18.3 Å². The zero-order chi connectivity index (χ0) is 14.5. The first-order valence-corrected chi connectivity index (χ1v) is 7.60. The van der Waals surface area contributed by atoms with Crippen LogP contribution in [0.2, 0.25) is 0 Å². The third-order valence-corrected chi connectivity index (χ3v) is 4.09. The van der Waals surface area contributed by atoms with Gasteiger partial charge in [0.2, 0.25) is 15.9 Å². The summed E-state index contributed by atoms with van der Waals surface area (Å²) in [7, 11) is -1.83. The molecule has 0 radical (unpaired) electrons. The van der Waals surface area contributed by atoms with E-state index in [1.165, 1.54) is 18.2 Å². The molecule has 19 heavy (non-hydrogen) atoms. The second kappa shape index (κ2) is 6.62. The van der Waals surface area contributed by atoms with Crippen LogP contribution in [0.15, 0.2) is 6.33 Å². The number of amides is 1. The monoisotopic (exact) mass is 289 g/mol. The summed E-state index contributed by atoms with van der Waals surface area (Å²) in [6.07, 6.45) is 1.85. The van der Waals surface area contributed by atoms with Crippen molar-refractivity contribution in [1.82, 2.24) is 24.8 Å². The predicted octanol–water partition coefficient (Wildman–Crippen LogP) is -0.519. The molecule has 1 atom stereocenters. The maximum absolute atomic E-state index is 12.0. The van der Waals surface area contributed by atoms with Crippen LogP contribution in [0.4, 0.5) is 0 Å². The molecule has 0 spiro atoms. The first kappa shape index (κ1) is 15.6. The molecule has 0 saturated carbocycles. The number of hydrogen-bond acceptors (Lipinski definition) is 5. The Balaban J connectivity index is 2.56. The van der Waals surface area contributed by atoms with Gasteiger partial charge in [-0.3, -0.25) is 9.89 Å². The van der Waals surface area contributed by atoms with Gasteiger partial charge in [0, 0.05) is 7.05 Å². The van der Waals surface area contributed by atoms with Gasteiger partial charge >= 0.3 is 0 Å². The SMILES string of the molecule is CCCS(=O)(=O)NC(C)C(=O)N(C)Cc1ncn[nH]1. The molecular formula is C10H19N5O3S. The Hall–Kier alpha value is -1.48. The minimum absolute atomic E-state index is 0.0104. The van der Waals surface area contributed by atoms with Gasteiger partial charge in [-0.15, -0.1) is 0 Å². The van der Waals surface area contributed by atoms with E-state index in [9.17, 15) is 13.2 Å². The van der Waals surface area contributed by atoms with Gasteiger partial charge in [0.1, 0.15) is 12.2 Å². The number of hydrogen-bond donors (Lipinski definition) is 2. The molecule has 108 valence electrons. The molecule has 8 nitrogen and oxygen atoms in total. The standard InChI is InChI=1S/C10H19N5O3S/c1-4-5-19(17,18)14-8(2)10(16)15(3)6-9-11-7-12-13-9/h7-8,14H,4-6H2,1-3H3,(H,11,12,13). The first-order valence-electron chi connectivity index (χ1n) is 5.95. The van der Waals surface area contributed by atoms with Crippen LogP contribution in [-0.4, -0.2) is 53.2 Å². The lowest BCUT2D eigenvalue weighted by Gasteiger charge is -2.21. The molecule has 0 aromatic carbocycles. The van der Waals surface area contributed by atoms with Crippen LogP contribution in [0.1, 0.15) is 26.1 Å². The maximum Gasteiger partial charge on any atom is 0.240 e. The minimum Gasteiger partial charge on any atom is -0.337 e. The smallest absolute Gasteiger partial charge is 0.240 e. The van der Waals surface area contributed by atoms with Crippen molar-refractivity contribution in [2.45, 2.75) is 32.9 Å². The number of likely N-dealkylation sites (N-methyl/N-ethyl adjacent to an activating group) is 1. The molecular weight excluding hydrogens is 270 g/mol. The number of sulfonamides is 1. The fourth-order valence-corrected chi connectivity index (χ4v) is 2.88. The summed E-state index contributed by atoms with van der Waals surface area (Å²) in [4.78, 5) is 17.3. The van der Waals surface area contributed by atoms with Gasteiger partial charge in [-0.2, -0.15) is 5.10 Å². The molecule has 1 rings (SSSR count). The Bertz CT molecular complexity index is 499. The number of rotatable bonds is 7. The summed E-state index contributed by atoms with van der Waals surface area (Å²) in [5.41, 5.74) is 0. The van der Waals surface area contributed by atoms with Gasteiger partial charge in [-0.1, -0.05) is 6.92 Å². The number of carbonyl (C=O) groups excluding carboxylic acids is 1. The third kappa shape index (κ3) is 4.95. The van der Waals surface area contributed by atoms with Crippen LogP contribution in [-0.2, 0) is 21.4 Å². The molecule has 0 aliphatic carbocycles. The molecule has 1 amide bonds. The minimum atomic E-state index is -3.40. The van der Waals surface area contributed by atoms with Gasteiger partial charge in [-0.25, -0.2) is 18.1 Å². The molecule has 1 aromatic rings. The summed E-state index contributed by atoms with van der Waals surface area (Å²) in [5.74, 6) is 0.228. The normalized spacial score (nSPS) is 13.2. The summed E-state index contributed by atoms with van der Waals surface area (Å²) in [5, 5.41) is 6.31. The highest BCUT2D eigenvalue weighted by Crippen LogP contribution is 2.00. The van der Waals surface area contributed by atoms with Crippen molar-refractivity contribution >= 4 is 15.9 Å². The lowest BCUT2D eigenvalue weighted by atomic mass is 10.3. The Kier molecular flexibility index (Phi) is 5.43. The molecule has 1 aromatic heterocycles. The molecule has 2 N–H and O–H groups in total. The van der Waals surface area contributed by atoms with Crippen LogP contribution >= 0.6 is 0 Å². The number of nitrogens with one attached hydrogen (secondary N) is 2. The Morgan fingerprint density at radius 2 is 2.26 bits per heavy atom. The highest BCUT2D eigenvalue weighted by Gasteiger charge is 2.22. The van der Waals surface area contributed by atoms with E-state index in [4.69, 9.17) is 0 Å². The highest BCUT2D eigenvalue weighted by molar-refractivity contribution is 7.89. The average Bonchev–Trinajstić information content (AvgIpc) is 2.79. The number of H-pyrrole nitrogens is 1. The van der Waals surface area contributed by atoms with Crippen LogP contribution in [0.3, 0.4) is 0 Å². The van der Waals surface area contributed by atoms with E-state index < -0.39 is 16.1 Å². The van der Waals surface area contributed by atoms with Crippen molar-refractivity contribution in [2.75, 3.05) is 12.8 Å². The molecule has 0 saturated heterocycles. The highest BCUT2D eigenvalue weighted by atomic mass is 32.2. The van der Waals surface area contributed by atoms with Crippen molar-refractivity contribution in [3.8, 4) is 0 Å². The average molecular weight is 289 g/mol. The van der Waals surface area contributed by atoms with Crippen LogP contribution in [0.5, 0.6) is 0 Å². The molecule has 0 aliphatic rings. The number of aromatic nitrogens is 3. The molecule has 1 unspecified atom stereocenters. The van der Waals surface area contributed by atoms with E-state index in [1.807, 2.05) is 0 Å². The zero-order valence-corrected chi connectivity index (χ0v) is 12.1. The van der Waals surface area contributed by atoms with Crippen molar-refractivity contribution in [2.24, 2.45) is 0 Å². The van der Waals surface area contributed by atoms with E-state index in [1.54, 1.807) is 14.0 Å². The van der Waals surface area contributed by atoms with Gasteiger partial charge in [0.25, 0.3) is 0 Å². The van der Waals surface area contributed by atoms with Crippen molar-refractivity contribution in [3.05, 3.63) is 12.2 Å². The molecule has 0 fully saturated rings. The first-order chi connectivity index (χ1) is 8.85. The van der Waals surface area contributed by atoms with E-state index in [-0.39, 0.29) is 18.2 Å². The fraction of sp³-hybridized carbons (Fsp3) is 0.700. The van der Waals surface area contributed by atoms with Crippen molar-refractivity contribution in [3.63, 3.8) is 0 Å². The Labute approximate surface area is 112 Å². The molecule has 0 bridgehead atoms. The van der Waals surface area contributed by atoms with Crippen LogP contribution in [0, 0.1) is 0 Å². The summed E-state index contributed by atoms with van der Waals surface area (Å²) < 4.78 is 25.5. The summed E-state index contributed by atoms with van der Waals surface area (Å²) in [6, 6.07) is -0.801. The van der Waals surface area contributed by atoms with Crippen molar-refractivity contribution in [1.29, 1.82) is 0 Å². The lowest BCUT2D eigenvalue weighted by molar-refractivity contribution is -0.131. The second-order valence-electron chi connectivity index (χ2n) is 4.28. The van der Waals surface area contributed by atoms with Crippen LogP contribution in [0.25, 0.3) is 0 Å². The van der Waals surface area contributed by atoms with Gasteiger partial charge in [-0.05, 0) is 13.3 Å². The molecule has 1 heterocycles. The van der Waals surface area contributed by atoms with E-state index in [2.05, 4.69) is 19.9 Å². The zero-order valence-electron chi connectivity index (χ0n) is 11.3. The molecule has 0 aliphatic heterocycles. The van der Waals surface area contributed by atoms with Crippen LogP contribution < -0.4 is 4.72 Å². The lowest BCUT2D eigenvalue weighted by Crippen LogP contribution is -2.45. The Morgan fingerprint density at radius 1 is 1.58 bits per heavy atom. The fourth-order valence-electron chi connectivity index (χ4n) is 1.59. The quantitative estimate of drug-likeness (QED) is 0.702. The maximum atomic E-state index is 12.0. The van der Waals surface area contributed by atoms with Gasteiger partial charge < -0.3 is 4.90 Å². The van der Waals surface area contributed by atoms with Crippen molar-refractivity contribution < 1.29 is 13.2 Å². The molecule has 9 heteroatoms. The second-order valence-corrected chi connectivity index (χ2v) is 6.16.